The molecule has 0 spiro atoms. The molecule has 0 saturated carbocycles. The van der Waals surface area contributed by atoms with Gasteiger partial charge in [-0.15, -0.1) is 0 Å². The lowest BCUT2D eigenvalue weighted by Crippen LogP contribution is -2.08. The van der Waals surface area contributed by atoms with E-state index in [1.807, 2.05) is 0 Å². The zero-order valence-corrected chi connectivity index (χ0v) is 9.47. The molecule has 17 heavy (non-hydrogen) atoms. The van der Waals surface area contributed by atoms with Crippen molar-refractivity contribution in [3.05, 3.63) is 18.0 Å². The van der Waals surface area contributed by atoms with Gasteiger partial charge in [-0.3, -0.25) is 0 Å². The van der Waals surface area contributed by atoms with Crippen molar-refractivity contribution in [2.45, 2.75) is 6.54 Å². The van der Waals surface area contributed by atoms with E-state index in [1.165, 1.54) is 13.4 Å². The fourth-order valence-corrected chi connectivity index (χ4v) is 1.14. The normalized spacial score (nSPS) is 10.0. The molecule has 2 N–H and O–H groups in total. The zero-order valence-electron chi connectivity index (χ0n) is 9.47. The van der Waals surface area contributed by atoms with Gasteiger partial charge < -0.3 is 19.9 Å². The lowest BCUT2D eigenvalue weighted by Gasteiger charge is -2.06. The van der Waals surface area contributed by atoms with Crippen LogP contribution in [0.15, 0.2) is 16.9 Å². The molecular formula is C9H12N6O2. The molecule has 0 bridgehead atoms. The number of ether oxygens (including phenoxy) is 1. The predicted octanol–water partition coefficient (Wildman–Crippen LogP) is 0.522. The minimum atomic E-state index is 0.243. The van der Waals surface area contributed by atoms with Crippen LogP contribution < -0.4 is 15.4 Å². The summed E-state index contributed by atoms with van der Waals surface area (Å²) >= 11 is 0. The van der Waals surface area contributed by atoms with Crippen molar-refractivity contribution in [1.82, 2.24) is 20.1 Å². The van der Waals surface area contributed by atoms with Crippen molar-refractivity contribution < 1.29 is 9.26 Å². The molecule has 0 aliphatic rings. The van der Waals surface area contributed by atoms with Crippen LogP contribution in [0.25, 0.3) is 0 Å². The molecule has 0 radical (unpaired) electrons. The predicted molar refractivity (Wildman–Crippen MR) is 59.8 cm³/mol. The Bertz CT molecular complexity index is 450. The highest BCUT2D eigenvalue weighted by molar-refractivity contribution is 5.35. The summed E-state index contributed by atoms with van der Waals surface area (Å²) in [4.78, 5) is 12.1. The molecule has 8 heteroatoms. The number of hydrogen-bond donors (Lipinski definition) is 2. The molecule has 0 unspecified atom stereocenters. The van der Waals surface area contributed by atoms with Crippen LogP contribution in [-0.4, -0.2) is 34.3 Å². The van der Waals surface area contributed by atoms with Crippen LogP contribution in [-0.2, 0) is 6.54 Å². The van der Waals surface area contributed by atoms with Crippen molar-refractivity contribution >= 4 is 11.9 Å². The largest absolute Gasteiger partial charge is 0.467 e. The molecular weight excluding hydrogens is 224 g/mol. The van der Waals surface area contributed by atoms with Crippen LogP contribution in [0, 0.1) is 0 Å². The first-order valence-corrected chi connectivity index (χ1v) is 4.93. The van der Waals surface area contributed by atoms with Crippen LogP contribution >= 0.6 is 0 Å². The van der Waals surface area contributed by atoms with Crippen LogP contribution in [0.5, 0.6) is 6.01 Å². The number of hydrogen-bond acceptors (Lipinski definition) is 8. The van der Waals surface area contributed by atoms with E-state index < -0.39 is 0 Å². The average molecular weight is 236 g/mol. The zero-order chi connectivity index (χ0) is 12.1. The van der Waals surface area contributed by atoms with Crippen molar-refractivity contribution in [2.24, 2.45) is 0 Å². The summed E-state index contributed by atoms with van der Waals surface area (Å²) in [6, 6.07) is 2.00. The monoisotopic (exact) mass is 236 g/mol. The van der Waals surface area contributed by atoms with E-state index in [1.54, 1.807) is 13.1 Å². The van der Waals surface area contributed by atoms with E-state index in [0.29, 0.717) is 18.4 Å². The van der Waals surface area contributed by atoms with Gasteiger partial charge in [-0.25, -0.2) is 0 Å². The van der Waals surface area contributed by atoms with Gasteiger partial charge in [0.05, 0.1) is 13.7 Å². The Labute approximate surface area is 97.4 Å². The Morgan fingerprint density at radius 2 is 2.12 bits per heavy atom. The maximum absolute atomic E-state index is 4.96. The summed E-state index contributed by atoms with van der Waals surface area (Å²) in [5.41, 5.74) is 0.760. The molecule has 0 fully saturated rings. The van der Waals surface area contributed by atoms with E-state index in [-0.39, 0.29) is 6.01 Å². The van der Waals surface area contributed by atoms with Gasteiger partial charge in [-0.2, -0.15) is 15.0 Å². The maximum atomic E-state index is 4.96. The summed E-state index contributed by atoms with van der Waals surface area (Å²) in [5.74, 6) is 0.837. The first kappa shape index (κ1) is 11.1. The van der Waals surface area contributed by atoms with E-state index in [0.717, 1.165) is 5.69 Å². The van der Waals surface area contributed by atoms with Crippen LogP contribution in [0.1, 0.15) is 5.69 Å². The van der Waals surface area contributed by atoms with Crippen molar-refractivity contribution in [3.8, 4) is 6.01 Å². The van der Waals surface area contributed by atoms with Crippen molar-refractivity contribution in [1.29, 1.82) is 0 Å². The van der Waals surface area contributed by atoms with E-state index in [4.69, 9.17) is 9.26 Å². The lowest BCUT2D eigenvalue weighted by atomic mass is 10.4. The second-order valence-corrected chi connectivity index (χ2v) is 3.06. The van der Waals surface area contributed by atoms with Crippen LogP contribution in [0.2, 0.25) is 0 Å². The third kappa shape index (κ3) is 2.80. The van der Waals surface area contributed by atoms with Gasteiger partial charge in [-0.1, -0.05) is 5.16 Å². The summed E-state index contributed by atoms with van der Waals surface area (Å²) in [5, 5.41) is 9.57. The molecule has 0 aromatic carbocycles. The fourth-order valence-electron chi connectivity index (χ4n) is 1.14. The summed E-state index contributed by atoms with van der Waals surface area (Å²) in [6.07, 6.45) is 1.50. The third-order valence-corrected chi connectivity index (χ3v) is 1.94. The molecule has 0 atom stereocenters. The quantitative estimate of drug-likeness (QED) is 0.775. The molecule has 0 aliphatic carbocycles. The average Bonchev–Trinajstić information content (AvgIpc) is 2.89. The van der Waals surface area contributed by atoms with E-state index >= 15 is 0 Å². The number of anilines is 2. The number of nitrogens with one attached hydrogen (secondary N) is 2. The maximum Gasteiger partial charge on any atom is 0.322 e. The van der Waals surface area contributed by atoms with Gasteiger partial charge in [0.1, 0.15) is 12.0 Å². The van der Waals surface area contributed by atoms with Crippen LogP contribution in [0.4, 0.5) is 11.9 Å². The molecule has 2 aromatic heterocycles. The fraction of sp³-hybridized carbons (Fsp3) is 0.333. The number of methoxy groups -OCH3 is 1. The standard InChI is InChI=1S/C9H12N6O2/c1-10-7-12-8(14-9(13-7)16-2)11-5-6-3-4-17-15-6/h3-4H,5H2,1-2H3,(H2,10,11,12,13,14). The van der Waals surface area contributed by atoms with Gasteiger partial charge in [0.25, 0.3) is 0 Å². The minimum absolute atomic E-state index is 0.243. The SMILES string of the molecule is CNc1nc(NCc2ccon2)nc(OC)n1. The second-order valence-electron chi connectivity index (χ2n) is 3.06. The third-order valence-electron chi connectivity index (χ3n) is 1.94. The van der Waals surface area contributed by atoms with Gasteiger partial charge >= 0.3 is 6.01 Å². The molecule has 90 valence electrons. The van der Waals surface area contributed by atoms with Gasteiger partial charge in [0.2, 0.25) is 11.9 Å². The molecule has 2 aromatic rings. The number of rotatable bonds is 5. The Morgan fingerprint density at radius 3 is 2.76 bits per heavy atom. The highest BCUT2D eigenvalue weighted by Crippen LogP contribution is 2.10. The topological polar surface area (TPSA) is 98.0 Å². The van der Waals surface area contributed by atoms with Gasteiger partial charge in [0, 0.05) is 13.1 Å². The van der Waals surface area contributed by atoms with Crippen molar-refractivity contribution in [2.75, 3.05) is 24.8 Å². The molecule has 0 amide bonds. The Morgan fingerprint density at radius 1 is 1.29 bits per heavy atom. The minimum Gasteiger partial charge on any atom is -0.467 e. The first-order valence-electron chi connectivity index (χ1n) is 4.93. The highest BCUT2D eigenvalue weighted by Gasteiger charge is 2.05. The van der Waals surface area contributed by atoms with Gasteiger partial charge in [-0.05, 0) is 0 Å². The number of nitrogens with zero attached hydrogens (tertiary/aromatic N) is 4. The Kier molecular flexibility index (Phi) is 3.34. The smallest absolute Gasteiger partial charge is 0.322 e. The summed E-state index contributed by atoms with van der Waals surface area (Å²) < 4.78 is 9.67. The molecule has 8 nitrogen and oxygen atoms in total. The second kappa shape index (κ2) is 5.10. The highest BCUT2D eigenvalue weighted by atomic mass is 16.5. The Balaban J connectivity index is 2.09. The van der Waals surface area contributed by atoms with E-state index in [2.05, 4.69) is 30.7 Å². The van der Waals surface area contributed by atoms with Gasteiger partial charge in [0.15, 0.2) is 0 Å². The summed E-state index contributed by atoms with van der Waals surface area (Å²) in [6.45, 7) is 0.465. The molecule has 2 rings (SSSR count). The number of aromatic nitrogens is 4. The van der Waals surface area contributed by atoms with E-state index in [9.17, 15) is 0 Å². The van der Waals surface area contributed by atoms with Crippen LogP contribution in [0.3, 0.4) is 0 Å². The summed E-state index contributed by atoms with van der Waals surface area (Å²) in [7, 11) is 3.21. The van der Waals surface area contributed by atoms with Crippen molar-refractivity contribution in [3.63, 3.8) is 0 Å². The molecule has 0 aliphatic heterocycles. The molecule has 2 heterocycles. The molecule has 0 saturated heterocycles. The lowest BCUT2D eigenvalue weighted by molar-refractivity contribution is 0.379. The Hall–Kier alpha value is -2.38. The first-order chi connectivity index (χ1) is 8.31.